The van der Waals surface area contributed by atoms with E-state index in [1.54, 1.807) is 6.92 Å². The Balaban J connectivity index is 2.49. The van der Waals surface area contributed by atoms with Gasteiger partial charge < -0.3 is 15.4 Å². The Morgan fingerprint density at radius 3 is 2.72 bits per heavy atom. The average Bonchev–Trinajstić information content (AvgIpc) is 2.51. The first-order valence-electron chi connectivity index (χ1n) is 7.58. The summed E-state index contributed by atoms with van der Waals surface area (Å²) < 4.78 is 45.2. The van der Waals surface area contributed by atoms with E-state index in [0.717, 1.165) is 6.07 Å². The zero-order valence-electron chi connectivity index (χ0n) is 13.9. The molecule has 2 heterocycles. The summed E-state index contributed by atoms with van der Waals surface area (Å²) in [5, 5.41) is 5.55. The molecular formula is C16H18F3N3O2S. The fourth-order valence-corrected chi connectivity index (χ4v) is 2.65. The Kier molecular flexibility index (Phi) is 5.66. The van der Waals surface area contributed by atoms with Gasteiger partial charge in [0.05, 0.1) is 23.4 Å². The van der Waals surface area contributed by atoms with Gasteiger partial charge in [-0.3, -0.25) is 4.98 Å². The van der Waals surface area contributed by atoms with Crippen LogP contribution in [-0.2, 0) is 15.7 Å². The zero-order valence-corrected chi connectivity index (χ0v) is 14.7. The average molecular weight is 373 g/mol. The molecule has 1 aromatic heterocycles. The van der Waals surface area contributed by atoms with Gasteiger partial charge in [-0.15, -0.1) is 0 Å². The molecule has 1 aliphatic rings. The van der Waals surface area contributed by atoms with Crippen molar-refractivity contribution in [3.8, 4) is 0 Å². The summed E-state index contributed by atoms with van der Waals surface area (Å²) >= 11 is 5.02. The highest BCUT2D eigenvalue weighted by molar-refractivity contribution is 7.80. The number of hydrogen-bond donors (Lipinski definition) is 2. The maximum Gasteiger partial charge on any atom is 0.418 e. The van der Waals surface area contributed by atoms with E-state index in [-0.39, 0.29) is 28.9 Å². The fourth-order valence-electron chi connectivity index (χ4n) is 2.38. The standard InChI is InChI=1S/C16H18F3N3O2S/c1-8(2)7-24-14(23)11-9(3)21-15(25)22-13(11)12-10(16(17,18)19)5-4-6-20-12/h4-6,8,13H,7H2,1-3H3,(H2,21,22,25). The van der Waals surface area contributed by atoms with Crippen LogP contribution in [0.25, 0.3) is 0 Å². The summed E-state index contributed by atoms with van der Waals surface area (Å²) in [7, 11) is 0. The van der Waals surface area contributed by atoms with E-state index in [1.165, 1.54) is 12.3 Å². The van der Waals surface area contributed by atoms with E-state index >= 15 is 0 Å². The Labute approximate surface area is 148 Å². The van der Waals surface area contributed by atoms with E-state index in [1.807, 2.05) is 13.8 Å². The topological polar surface area (TPSA) is 63.2 Å². The minimum atomic E-state index is -4.61. The van der Waals surface area contributed by atoms with Crippen LogP contribution < -0.4 is 10.6 Å². The number of hydrogen-bond acceptors (Lipinski definition) is 4. The quantitative estimate of drug-likeness (QED) is 0.625. The molecule has 0 aliphatic carbocycles. The number of alkyl halides is 3. The molecule has 0 aromatic carbocycles. The predicted molar refractivity (Wildman–Crippen MR) is 89.3 cm³/mol. The lowest BCUT2D eigenvalue weighted by molar-refractivity contribution is -0.142. The molecule has 0 saturated heterocycles. The molecule has 5 nitrogen and oxygen atoms in total. The number of carbonyl (C=O) groups is 1. The number of thiocarbonyl (C=S) groups is 1. The first-order chi connectivity index (χ1) is 11.6. The predicted octanol–water partition coefficient (Wildman–Crippen LogP) is 3.09. The van der Waals surface area contributed by atoms with Crippen LogP contribution in [0.15, 0.2) is 29.6 Å². The van der Waals surface area contributed by atoms with E-state index in [9.17, 15) is 18.0 Å². The second-order valence-corrected chi connectivity index (χ2v) is 6.40. The summed E-state index contributed by atoms with van der Waals surface area (Å²) in [4.78, 5) is 16.3. The molecule has 1 aliphatic heterocycles. The first kappa shape index (κ1) is 19.2. The Hall–Kier alpha value is -2.16. The van der Waals surface area contributed by atoms with Gasteiger partial charge in [-0.2, -0.15) is 13.2 Å². The molecule has 1 aromatic rings. The number of ether oxygens (including phenoxy) is 1. The van der Waals surface area contributed by atoms with Crippen molar-refractivity contribution in [1.29, 1.82) is 0 Å². The van der Waals surface area contributed by atoms with Gasteiger partial charge >= 0.3 is 12.1 Å². The molecule has 0 saturated carbocycles. The maximum absolute atomic E-state index is 13.3. The molecule has 0 spiro atoms. The molecule has 1 atom stereocenters. The molecule has 136 valence electrons. The second-order valence-electron chi connectivity index (χ2n) is 6.00. The Morgan fingerprint density at radius 2 is 2.12 bits per heavy atom. The van der Waals surface area contributed by atoms with Crippen molar-refractivity contribution in [3.63, 3.8) is 0 Å². The van der Waals surface area contributed by atoms with Gasteiger partial charge in [-0.1, -0.05) is 13.8 Å². The highest BCUT2D eigenvalue weighted by Crippen LogP contribution is 2.37. The van der Waals surface area contributed by atoms with Crippen molar-refractivity contribution in [2.75, 3.05) is 6.61 Å². The minimum Gasteiger partial charge on any atom is -0.462 e. The zero-order chi connectivity index (χ0) is 18.8. The molecule has 0 fully saturated rings. The van der Waals surface area contributed by atoms with Gasteiger partial charge in [0.25, 0.3) is 0 Å². The fraction of sp³-hybridized carbons (Fsp3) is 0.438. The van der Waals surface area contributed by atoms with Gasteiger partial charge in [-0.25, -0.2) is 4.79 Å². The van der Waals surface area contributed by atoms with E-state index in [0.29, 0.717) is 5.70 Å². The molecule has 25 heavy (non-hydrogen) atoms. The van der Waals surface area contributed by atoms with Crippen molar-refractivity contribution in [1.82, 2.24) is 15.6 Å². The summed E-state index contributed by atoms with van der Waals surface area (Å²) in [6.07, 6.45) is -3.37. The molecular weight excluding hydrogens is 355 g/mol. The highest BCUT2D eigenvalue weighted by Gasteiger charge is 2.40. The van der Waals surface area contributed by atoms with E-state index < -0.39 is 23.8 Å². The number of allylic oxidation sites excluding steroid dienone is 1. The summed E-state index contributed by atoms with van der Waals surface area (Å²) in [5.74, 6) is -0.619. The number of aromatic nitrogens is 1. The van der Waals surface area contributed by atoms with Crippen molar-refractivity contribution < 1.29 is 22.7 Å². The molecule has 2 rings (SSSR count). The lowest BCUT2D eigenvalue weighted by Crippen LogP contribution is -2.46. The third-order valence-corrected chi connectivity index (χ3v) is 3.67. The number of carbonyl (C=O) groups excluding carboxylic acids is 1. The number of nitrogens with one attached hydrogen (secondary N) is 2. The van der Waals surface area contributed by atoms with E-state index in [2.05, 4.69) is 15.6 Å². The number of esters is 1. The smallest absolute Gasteiger partial charge is 0.418 e. The van der Waals surface area contributed by atoms with Crippen molar-refractivity contribution in [2.45, 2.75) is 33.0 Å². The lowest BCUT2D eigenvalue weighted by Gasteiger charge is -2.30. The summed E-state index contributed by atoms with van der Waals surface area (Å²) in [6, 6.07) is 0.965. The van der Waals surface area contributed by atoms with Crippen LogP contribution in [0.3, 0.4) is 0 Å². The normalized spacial score (nSPS) is 18.0. The van der Waals surface area contributed by atoms with Crippen LogP contribution in [0.1, 0.15) is 38.1 Å². The monoisotopic (exact) mass is 373 g/mol. The minimum absolute atomic E-state index is 0.0263. The first-order valence-corrected chi connectivity index (χ1v) is 7.99. The van der Waals surface area contributed by atoms with Gasteiger partial charge in [-0.05, 0) is 37.2 Å². The largest absolute Gasteiger partial charge is 0.462 e. The van der Waals surface area contributed by atoms with Crippen LogP contribution in [-0.4, -0.2) is 22.7 Å². The number of nitrogens with zero attached hydrogens (tertiary/aromatic N) is 1. The van der Waals surface area contributed by atoms with Crippen molar-refractivity contribution >= 4 is 23.3 Å². The third kappa shape index (κ3) is 4.47. The second kappa shape index (κ2) is 7.38. The molecule has 2 N–H and O–H groups in total. The van der Waals surface area contributed by atoms with Crippen LogP contribution >= 0.6 is 12.2 Å². The number of rotatable bonds is 4. The highest BCUT2D eigenvalue weighted by atomic mass is 32.1. The van der Waals surface area contributed by atoms with Crippen molar-refractivity contribution in [2.24, 2.45) is 5.92 Å². The SMILES string of the molecule is CC1=C(C(=O)OCC(C)C)C(c2ncccc2C(F)(F)F)NC(=S)N1. The van der Waals surface area contributed by atoms with Crippen molar-refractivity contribution in [3.05, 3.63) is 40.9 Å². The molecule has 1 unspecified atom stereocenters. The van der Waals surface area contributed by atoms with Gasteiger partial charge in [0, 0.05) is 11.9 Å². The lowest BCUT2D eigenvalue weighted by atomic mass is 9.96. The molecule has 0 bridgehead atoms. The summed E-state index contributed by atoms with van der Waals surface area (Å²) in [6.45, 7) is 5.43. The van der Waals surface area contributed by atoms with Gasteiger partial charge in [0.2, 0.25) is 0 Å². The maximum atomic E-state index is 13.3. The molecule has 0 radical (unpaired) electrons. The Morgan fingerprint density at radius 1 is 1.44 bits per heavy atom. The van der Waals surface area contributed by atoms with Crippen LogP contribution in [0.5, 0.6) is 0 Å². The molecule has 0 amide bonds. The van der Waals surface area contributed by atoms with E-state index in [4.69, 9.17) is 17.0 Å². The van der Waals surface area contributed by atoms with Crippen LogP contribution in [0.2, 0.25) is 0 Å². The summed E-state index contributed by atoms with van der Waals surface area (Å²) in [5.41, 5.74) is -0.895. The van der Waals surface area contributed by atoms with Gasteiger partial charge in [0.15, 0.2) is 5.11 Å². The number of pyridine rings is 1. The van der Waals surface area contributed by atoms with Gasteiger partial charge in [0.1, 0.15) is 6.04 Å². The number of halogens is 3. The van der Waals surface area contributed by atoms with Crippen LogP contribution in [0.4, 0.5) is 13.2 Å². The Bertz CT molecular complexity index is 717. The third-order valence-electron chi connectivity index (χ3n) is 3.45. The van der Waals surface area contributed by atoms with Crippen LogP contribution in [0, 0.1) is 5.92 Å². The molecule has 9 heteroatoms.